The first-order valence-electron chi connectivity index (χ1n) is 4.67. The summed E-state index contributed by atoms with van der Waals surface area (Å²) in [5.41, 5.74) is 0.888. The van der Waals surface area contributed by atoms with Crippen LogP contribution in [0.15, 0.2) is 27.1 Å². The second-order valence-electron chi connectivity index (χ2n) is 3.76. The molecule has 0 fully saturated rings. The van der Waals surface area contributed by atoms with Gasteiger partial charge in [0.05, 0.1) is 5.75 Å². The molecule has 16 heavy (non-hydrogen) atoms. The van der Waals surface area contributed by atoms with E-state index in [1.54, 1.807) is 0 Å². The predicted octanol–water partition coefficient (Wildman–Crippen LogP) is 3.06. The minimum absolute atomic E-state index is 0.118. The molecule has 0 aliphatic carbocycles. The Balaban J connectivity index is 2.73. The first kappa shape index (κ1) is 14.0. The highest BCUT2D eigenvalue weighted by Gasteiger charge is 2.11. The lowest BCUT2D eigenvalue weighted by Gasteiger charge is -2.15. The number of nitrogens with one attached hydrogen (secondary N) is 1. The Kier molecular flexibility index (Phi) is 4.82. The van der Waals surface area contributed by atoms with Gasteiger partial charge in [-0.15, -0.1) is 0 Å². The van der Waals surface area contributed by atoms with Gasteiger partial charge in [0.1, 0.15) is 9.84 Å². The molecule has 1 atom stereocenters. The number of sulfone groups is 1. The summed E-state index contributed by atoms with van der Waals surface area (Å²) in [4.78, 5) is 0. The van der Waals surface area contributed by atoms with E-state index in [1.165, 1.54) is 6.26 Å². The number of rotatable bonds is 4. The fraction of sp³-hybridized carbons (Fsp3) is 0.400. The van der Waals surface area contributed by atoms with E-state index >= 15 is 0 Å². The summed E-state index contributed by atoms with van der Waals surface area (Å²) in [7, 11) is -2.95. The van der Waals surface area contributed by atoms with Crippen LogP contribution in [0.3, 0.4) is 0 Å². The van der Waals surface area contributed by atoms with Crippen LogP contribution in [0.4, 0.5) is 5.69 Å². The Morgan fingerprint density at radius 3 is 2.50 bits per heavy atom. The molecule has 0 spiro atoms. The Hall–Kier alpha value is -0.0700. The zero-order chi connectivity index (χ0) is 12.3. The fourth-order valence-corrected chi connectivity index (χ4v) is 3.52. The van der Waals surface area contributed by atoms with Crippen LogP contribution in [0, 0.1) is 0 Å². The molecule has 0 saturated carbocycles. The maximum Gasteiger partial charge on any atom is 0.149 e. The average molecular weight is 371 g/mol. The second kappa shape index (κ2) is 5.51. The maximum atomic E-state index is 11.1. The molecule has 6 heteroatoms. The molecule has 0 aliphatic heterocycles. The lowest BCUT2D eigenvalue weighted by molar-refractivity contribution is 0.598. The first-order valence-corrected chi connectivity index (χ1v) is 8.32. The van der Waals surface area contributed by atoms with Crippen molar-refractivity contribution in [3.63, 3.8) is 0 Å². The van der Waals surface area contributed by atoms with E-state index in [-0.39, 0.29) is 11.8 Å². The molecule has 0 heterocycles. The van der Waals surface area contributed by atoms with Crippen molar-refractivity contribution in [1.82, 2.24) is 0 Å². The third-order valence-electron chi connectivity index (χ3n) is 1.89. The van der Waals surface area contributed by atoms with Gasteiger partial charge in [0.2, 0.25) is 0 Å². The topological polar surface area (TPSA) is 46.2 Å². The van der Waals surface area contributed by atoms with Crippen molar-refractivity contribution in [3.05, 3.63) is 27.1 Å². The Bertz CT molecular complexity index is 474. The van der Waals surface area contributed by atoms with Crippen LogP contribution in [0.25, 0.3) is 0 Å². The molecule has 0 saturated heterocycles. The van der Waals surface area contributed by atoms with Crippen molar-refractivity contribution < 1.29 is 8.42 Å². The van der Waals surface area contributed by atoms with E-state index in [9.17, 15) is 8.42 Å². The van der Waals surface area contributed by atoms with E-state index in [1.807, 2.05) is 25.1 Å². The molecule has 1 aromatic carbocycles. The van der Waals surface area contributed by atoms with Gasteiger partial charge >= 0.3 is 0 Å². The third-order valence-corrected chi connectivity index (χ3v) is 4.14. The standard InChI is InChI=1S/C10H13Br2NO2S/c1-7(6-16(2,14)15)13-10-4-3-8(11)5-9(10)12/h3-5,7,13H,6H2,1-2H3. The van der Waals surface area contributed by atoms with Gasteiger partial charge in [-0.2, -0.15) is 0 Å². The zero-order valence-electron chi connectivity index (χ0n) is 9.00. The number of anilines is 1. The number of hydrogen-bond donors (Lipinski definition) is 1. The molecular formula is C10H13Br2NO2S. The normalized spacial score (nSPS) is 13.5. The van der Waals surface area contributed by atoms with Crippen LogP contribution in [0.1, 0.15) is 6.92 Å². The van der Waals surface area contributed by atoms with Crippen molar-refractivity contribution in [2.75, 3.05) is 17.3 Å². The quantitative estimate of drug-likeness (QED) is 0.885. The van der Waals surface area contributed by atoms with Crippen LogP contribution < -0.4 is 5.32 Å². The largest absolute Gasteiger partial charge is 0.381 e. The molecule has 1 aromatic rings. The summed E-state index contributed by atoms with van der Waals surface area (Å²) in [5.74, 6) is 0.121. The van der Waals surface area contributed by atoms with Crippen molar-refractivity contribution >= 4 is 47.4 Å². The molecule has 1 rings (SSSR count). The van der Waals surface area contributed by atoms with E-state index in [4.69, 9.17) is 0 Å². The van der Waals surface area contributed by atoms with Gasteiger partial charge in [-0.3, -0.25) is 0 Å². The van der Waals surface area contributed by atoms with E-state index in [0.29, 0.717) is 0 Å². The minimum atomic E-state index is -2.95. The summed E-state index contributed by atoms with van der Waals surface area (Å²) in [6.45, 7) is 1.84. The summed E-state index contributed by atoms with van der Waals surface area (Å²) in [6, 6.07) is 5.59. The van der Waals surface area contributed by atoms with E-state index < -0.39 is 9.84 Å². The third kappa shape index (κ3) is 4.84. The van der Waals surface area contributed by atoms with Gasteiger partial charge in [-0.25, -0.2) is 8.42 Å². The Labute approximate surface area is 113 Å². The highest BCUT2D eigenvalue weighted by molar-refractivity contribution is 9.11. The highest BCUT2D eigenvalue weighted by atomic mass is 79.9. The number of halogens is 2. The Morgan fingerprint density at radius 2 is 2.00 bits per heavy atom. The number of hydrogen-bond acceptors (Lipinski definition) is 3. The molecule has 3 nitrogen and oxygen atoms in total. The molecule has 90 valence electrons. The average Bonchev–Trinajstić information content (AvgIpc) is 2.06. The minimum Gasteiger partial charge on any atom is -0.381 e. The van der Waals surface area contributed by atoms with Gasteiger partial charge in [-0.1, -0.05) is 15.9 Å². The van der Waals surface area contributed by atoms with Gasteiger partial charge in [0, 0.05) is 26.9 Å². The fourth-order valence-electron chi connectivity index (χ4n) is 1.37. The molecule has 1 N–H and O–H groups in total. The molecule has 0 radical (unpaired) electrons. The van der Waals surface area contributed by atoms with Gasteiger partial charge in [0.15, 0.2) is 0 Å². The van der Waals surface area contributed by atoms with Crippen molar-refractivity contribution in [2.45, 2.75) is 13.0 Å². The van der Waals surface area contributed by atoms with Gasteiger partial charge < -0.3 is 5.32 Å². The van der Waals surface area contributed by atoms with Crippen LogP contribution >= 0.6 is 31.9 Å². The van der Waals surface area contributed by atoms with Gasteiger partial charge in [0.25, 0.3) is 0 Å². The smallest absolute Gasteiger partial charge is 0.149 e. The van der Waals surface area contributed by atoms with Crippen LogP contribution in [-0.2, 0) is 9.84 Å². The van der Waals surface area contributed by atoms with Crippen molar-refractivity contribution in [2.24, 2.45) is 0 Å². The number of benzene rings is 1. The molecule has 0 bridgehead atoms. The van der Waals surface area contributed by atoms with Crippen LogP contribution in [0.2, 0.25) is 0 Å². The van der Waals surface area contributed by atoms with Crippen molar-refractivity contribution in [1.29, 1.82) is 0 Å². The molecule has 0 amide bonds. The molecular weight excluding hydrogens is 358 g/mol. The summed E-state index contributed by atoms with van der Waals surface area (Å²) < 4.78 is 24.1. The van der Waals surface area contributed by atoms with Crippen LogP contribution in [0.5, 0.6) is 0 Å². The van der Waals surface area contributed by atoms with Gasteiger partial charge in [-0.05, 0) is 41.1 Å². The zero-order valence-corrected chi connectivity index (χ0v) is 13.0. The predicted molar refractivity (Wildman–Crippen MR) is 74.6 cm³/mol. The van der Waals surface area contributed by atoms with Crippen LogP contribution in [-0.4, -0.2) is 26.5 Å². The molecule has 0 aromatic heterocycles. The first-order chi connectivity index (χ1) is 7.28. The highest BCUT2D eigenvalue weighted by Crippen LogP contribution is 2.26. The lowest BCUT2D eigenvalue weighted by Crippen LogP contribution is -2.25. The van der Waals surface area contributed by atoms with Crippen molar-refractivity contribution in [3.8, 4) is 0 Å². The SMILES string of the molecule is CC(CS(C)(=O)=O)Nc1ccc(Br)cc1Br. The van der Waals surface area contributed by atoms with E-state index in [2.05, 4.69) is 37.2 Å². The van der Waals surface area contributed by atoms with E-state index in [0.717, 1.165) is 14.6 Å². The maximum absolute atomic E-state index is 11.1. The Morgan fingerprint density at radius 1 is 1.38 bits per heavy atom. The molecule has 0 aliphatic rings. The second-order valence-corrected chi connectivity index (χ2v) is 7.72. The summed E-state index contributed by atoms with van der Waals surface area (Å²) >= 11 is 6.77. The summed E-state index contributed by atoms with van der Waals surface area (Å²) in [5, 5.41) is 3.15. The summed E-state index contributed by atoms with van der Waals surface area (Å²) in [6.07, 6.45) is 1.24. The molecule has 1 unspecified atom stereocenters. The lowest BCUT2D eigenvalue weighted by atomic mass is 10.3. The monoisotopic (exact) mass is 369 g/mol.